The Morgan fingerprint density at radius 3 is 2.62 bits per heavy atom. The molecule has 0 saturated heterocycles. The van der Waals surface area contributed by atoms with Crippen molar-refractivity contribution in [3.63, 3.8) is 0 Å². The van der Waals surface area contributed by atoms with Gasteiger partial charge >= 0.3 is 5.69 Å². The highest BCUT2D eigenvalue weighted by Gasteiger charge is 2.10. The van der Waals surface area contributed by atoms with Crippen LogP contribution in [0.1, 0.15) is 0 Å². The average Bonchev–Trinajstić information content (AvgIpc) is 2.04. The van der Waals surface area contributed by atoms with Crippen LogP contribution in [-0.2, 0) is 0 Å². The maximum atomic E-state index is 11.0. The van der Waals surface area contributed by atoms with Gasteiger partial charge in [0.2, 0.25) is 5.69 Å². The summed E-state index contributed by atoms with van der Waals surface area (Å²) in [7, 11) is 0. The zero-order valence-electron chi connectivity index (χ0n) is 6.48. The molecule has 1 aromatic rings. The van der Waals surface area contributed by atoms with Crippen LogP contribution in [0, 0.1) is 4.91 Å². The van der Waals surface area contributed by atoms with E-state index < -0.39 is 16.9 Å². The van der Waals surface area contributed by atoms with E-state index in [0.29, 0.717) is 0 Å². The fraction of sp³-hybridized carbons (Fsp3) is 0. The third kappa shape index (κ3) is 1.26. The number of nitrogens with one attached hydrogen (secondary N) is 1. The summed E-state index contributed by atoms with van der Waals surface area (Å²) in [5.74, 6) is -0.321. The highest BCUT2D eigenvalue weighted by Crippen LogP contribution is 2.12. The minimum atomic E-state index is -0.907. The largest absolute Gasteiger partial charge is 0.383 e. The number of anilines is 1. The molecule has 1 rings (SSSR count). The molecule has 7 nitrogen and oxygen atoms in total. The molecule has 0 aromatic carbocycles. The lowest BCUT2D eigenvalue weighted by atomic mass is 10.5. The first kappa shape index (κ1) is 8.91. The second-order valence-corrected chi connectivity index (χ2v) is 2.14. The molecular weight excluding hydrogens is 176 g/mol. The Morgan fingerprint density at radius 1 is 1.54 bits per heavy atom. The molecule has 0 aliphatic heterocycles. The summed E-state index contributed by atoms with van der Waals surface area (Å²) in [4.78, 5) is 33.8. The molecule has 13 heavy (non-hydrogen) atoms. The Kier molecular flexibility index (Phi) is 2.09. The average molecular weight is 182 g/mol. The number of nitroso groups, excluding NO2 is 1. The Bertz CT molecular complexity index is 429. The first-order valence-corrected chi connectivity index (χ1v) is 3.22. The SMILES string of the molecule is C=Cn1c(N)c(N=O)c(=O)[nH]c1=O. The van der Waals surface area contributed by atoms with Crippen LogP contribution >= 0.6 is 0 Å². The molecule has 0 bridgehead atoms. The molecule has 0 saturated carbocycles. The number of rotatable bonds is 2. The van der Waals surface area contributed by atoms with Crippen molar-refractivity contribution in [3.8, 4) is 0 Å². The van der Waals surface area contributed by atoms with Gasteiger partial charge < -0.3 is 5.73 Å². The van der Waals surface area contributed by atoms with Crippen LogP contribution < -0.4 is 17.0 Å². The van der Waals surface area contributed by atoms with E-state index >= 15 is 0 Å². The number of H-pyrrole nitrogens is 1. The summed E-state index contributed by atoms with van der Waals surface area (Å²) < 4.78 is 0.818. The van der Waals surface area contributed by atoms with Gasteiger partial charge in [-0.3, -0.25) is 14.3 Å². The molecule has 0 radical (unpaired) electrons. The Hall–Kier alpha value is -2.18. The van der Waals surface area contributed by atoms with E-state index in [2.05, 4.69) is 11.8 Å². The van der Waals surface area contributed by atoms with Gasteiger partial charge in [-0.15, -0.1) is 4.91 Å². The van der Waals surface area contributed by atoms with Crippen molar-refractivity contribution in [2.45, 2.75) is 0 Å². The maximum Gasteiger partial charge on any atom is 0.334 e. The van der Waals surface area contributed by atoms with E-state index in [1.807, 2.05) is 4.98 Å². The first-order chi connectivity index (χ1) is 6.11. The normalized spacial score (nSPS) is 9.54. The van der Waals surface area contributed by atoms with Crippen LogP contribution in [-0.4, -0.2) is 9.55 Å². The third-order valence-electron chi connectivity index (χ3n) is 1.43. The lowest BCUT2D eigenvalue weighted by molar-refractivity contribution is 0.949. The van der Waals surface area contributed by atoms with Crippen molar-refractivity contribution in [2.24, 2.45) is 5.18 Å². The topological polar surface area (TPSA) is 110 Å². The van der Waals surface area contributed by atoms with Gasteiger partial charge in [0.1, 0.15) is 5.82 Å². The molecule has 0 unspecified atom stereocenters. The number of nitrogens with two attached hydrogens (primary N) is 1. The molecule has 68 valence electrons. The molecular formula is C6H6N4O3. The van der Waals surface area contributed by atoms with Gasteiger partial charge in [0, 0.05) is 6.20 Å². The van der Waals surface area contributed by atoms with E-state index in [1.165, 1.54) is 0 Å². The van der Waals surface area contributed by atoms with Crippen molar-refractivity contribution < 1.29 is 0 Å². The zero-order valence-corrected chi connectivity index (χ0v) is 6.48. The van der Waals surface area contributed by atoms with Crippen molar-refractivity contribution >= 4 is 17.7 Å². The second kappa shape index (κ2) is 3.05. The van der Waals surface area contributed by atoms with E-state index in [-0.39, 0.29) is 5.82 Å². The van der Waals surface area contributed by atoms with Crippen molar-refractivity contribution in [1.82, 2.24) is 9.55 Å². The summed E-state index contributed by atoms with van der Waals surface area (Å²) in [6.07, 6.45) is 1.07. The van der Waals surface area contributed by atoms with E-state index in [9.17, 15) is 14.5 Å². The predicted octanol–water partition coefficient (Wildman–Crippen LogP) is -0.383. The molecule has 0 aliphatic rings. The quantitative estimate of drug-likeness (QED) is 0.607. The Balaban J connectivity index is 3.78. The molecule has 0 amide bonds. The molecule has 0 atom stereocenters. The zero-order chi connectivity index (χ0) is 10.0. The molecule has 1 aromatic heterocycles. The fourth-order valence-corrected chi connectivity index (χ4v) is 0.826. The Labute approximate surface area is 71.5 Å². The lowest BCUT2D eigenvalue weighted by Gasteiger charge is -2.02. The van der Waals surface area contributed by atoms with Crippen LogP contribution in [0.4, 0.5) is 11.5 Å². The van der Waals surface area contributed by atoms with Gasteiger partial charge in [-0.1, -0.05) is 6.58 Å². The number of hydrogen-bond acceptors (Lipinski definition) is 5. The molecule has 7 heteroatoms. The highest BCUT2D eigenvalue weighted by atomic mass is 16.3. The lowest BCUT2D eigenvalue weighted by Crippen LogP contribution is -2.29. The first-order valence-electron chi connectivity index (χ1n) is 3.22. The summed E-state index contributed by atoms with van der Waals surface area (Å²) in [5, 5.41) is 2.39. The fourth-order valence-electron chi connectivity index (χ4n) is 0.826. The van der Waals surface area contributed by atoms with Crippen LogP contribution in [0.15, 0.2) is 21.3 Å². The third-order valence-corrected chi connectivity index (χ3v) is 1.43. The summed E-state index contributed by atoms with van der Waals surface area (Å²) in [6, 6.07) is 0. The molecule has 1 heterocycles. The summed E-state index contributed by atoms with van der Waals surface area (Å²) in [6.45, 7) is 3.27. The predicted molar refractivity (Wildman–Crippen MR) is 47.6 cm³/mol. The minimum Gasteiger partial charge on any atom is -0.383 e. The molecule has 0 spiro atoms. The number of aromatic nitrogens is 2. The van der Waals surface area contributed by atoms with Crippen LogP contribution in [0.2, 0.25) is 0 Å². The van der Waals surface area contributed by atoms with Crippen LogP contribution in [0.5, 0.6) is 0 Å². The number of aromatic amines is 1. The smallest absolute Gasteiger partial charge is 0.334 e. The van der Waals surface area contributed by atoms with Gasteiger partial charge in [0.15, 0.2) is 0 Å². The molecule has 3 N–H and O–H groups in total. The number of hydrogen-bond donors (Lipinski definition) is 2. The van der Waals surface area contributed by atoms with E-state index in [1.54, 1.807) is 0 Å². The molecule has 0 fully saturated rings. The van der Waals surface area contributed by atoms with Gasteiger partial charge in [-0.25, -0.2) is 4.79 Å². The van der Waals surface area contributed by atoms with E-state index in [0.717, 1.165) is 10.8 Å². The van der Waals surface area contributed by atoms with Crippen molar-refractivity contribution in [3.05, 3.63) is 32.3 Å². The monoisotopic (exact) mass is 182 g/mol. The maximum absolute atomic E-state index is 11.0. The Morgan fingerprint density at radius 2 is 2.15 bits per heavy atom. The minimum absolute atomic E-state index is 0.321. The van der Waals surface area contributed by atoms with E-state index in [4.69, 9.17) is 5.73 Å². The second-order valence-electron chi connectivity index (χ2n) is 2.14. The van der Waals surface area contributed by atoms with Gasteiger partial charge in [-0.2, -0.15) is 0 Å². The highest BCUT2D eigenvalue weighted by molar-refractivity contribution is 5.58. The summed E-state index contributed by atoms with van der Waals surface area (Å²) in [5.41, 5.74) is 3.09. The van der Waals surface area contributed by atoms with Gasteiger partial charge in [0.05, 0.1) is 0 Å². The van der Waals surface area contributed by atoms with Crippen LogP contribution in [0.3, 0.4) is 0 Å². The summed E-state index contributed by atoms with van der Waals surface area (Å²) >= 11 is 0. The standard InChI is InChI=1S/C6H6N4O3/c1-2-10-4(7)3(9-13)5(11)8-6(10)12/h2H,1,7H2,(H,8,11,12). The van der Waals surface area contributed by atoms with Crippen molar-refractivity contribution in [2.75, 3.05) is 5.73 Å². The number of nitrogens with zero attached hydrogens (tertiary/aromatic N) is 2. The van der Waals surface area contributed by atoms with Gasteiger partial charge in [0.25, 0.3) is 5.56 Å². The molecule has 0 aliphatic carbocycles. The van der Waals surface area contributed by atoms with Gasteiger partial charge in [-0.05, 0) is 5.18 Å². The number of nitrogen functional groups attached to an aromatic ring is 1. The van der Waals surface area contributed by atoms with Crippen LogP contribution in [0.25, 0.3) is 6.20 Å². The van der Waals surface area contributed by atoms with Crippen molar-refractivity contribution in [1.29, 1.82) is 0 Å².